The van der Waals surface area contributed by atoms with Crippen molar-refractivity contribution in [2.24, 2.45) is 0 Å². The molecule has 5 rings (SSSR count). The van der Waals surface area contributed by atoms with Crippen LogP contribution in [0.15, 0.2) is 90.6 Å². The van der Waals surface area contributed by atoms with Crippen molar-refractivity contribution in [3.63, 3.8) is 0 Å². The summed E-state index contributed by atoms with van der Waals surface area (Å²) in [6.07, 6.45) is 0. The molecule has 0 fully saturated rings. The van der Waals surface area contributed by atoms with Crippen molar-refractivity contribution in [1.29, 1.82) is 0 Å². The third-order valence-electron chi connectivity index (χ3n) is 6.17. The van der Waals surface area contributed by atoms with E-state index < -0.39 is 0 Å². The fourth-order valence-corrected chi connectivity index (χ4v) is 4.30. The highest BCUT2D eigenvalue weighted by Gasteiger charge is 2.41. The highest BCUT2D eigenvalue weighted by atomic mass is 16.2. The topological polar surface area (TPSA) is 49.4 Å². The van der Waals surface area contributed by atoms with Crippen molar-refractivity contribution in [2.75, 3.05) is 10.2 Å². The number of fused-ring (bicyclic) bond motifs is 1. The number of carbonyl (C=O) groups excluding carboxylic acids is 2. The standard InChI is InChI=1S/C29H24N2O2/c1-18-8-6-11-23(16-18)30-27-26(22-15-14-19(2)20(3)17-22)28(32)31(29(27)33)25-13-7-10-21-9-4-5-12-24(21)25/h4-17,30H,1-3H3. The van der Waals surface area contributed by atoms with E-state index in [-0.39, 0.29) is 11.8 Å². The SMILES string of the molecule is Cc1cccc(NC2=C(c3ccc(C)c(C)c3)C(=O)N(c3cccc4ccccc34)C2=O)c1. The van der Waals surface area contributed by atoms with E-state index in [1.54, 1.807) is 0 Å². The molecular weight excluding hydrogens is 408 g/mol. The number of nitrogens with one attached hydrogen (secondary N) is 1. The molecule has 4 aromatic rings. The third kappa shape index (κ3) is 3.60. The predicted octanol–water partition coefficient (Wildman–Crippen LogP) is 6.16. The molecule has 0 unspecified atom stereocenters. The Hall–Kier alpha value is -4.18. The van der Waals surface area contributed by atoms with Crippen molar-refractivity contribution in [2.45, 2.75) is 20.8 Å². The molecule has 0 saturated carbocycles. The number of nitrogens with zero attached hydrogens (tertiary/aromatic N) is 1. The number of anilines is 2. The van der Waals surface area contributed by atoms with Crippen LogP contribution in [0.4, 0.5) is 11.4 Å². The first-order valence-corrected chi connectivity index (χ1v) is 11.0. The van der Waals surface area contributed by atoms with Gasteiger partial charge in [0, 0.05) is 11.1 Å². The van der Waals surface area contributed by atoms with Gasteiger partial charge < -0.3 is 5.32 Å². The monoisotopic (exact) mass is 432 g/mol. The summed E-state index contributed by atoms with van der Waals surface area (Å²) in [6.45, 7) is 6.04. The molecule has 1 N–H and O–H groups in total. The van der Waals surface area contributed by atoms with Gasteiger partial charge in [0.15, 0.2) is 0 Å². The second-order valence-corrected chi connectivity index (χ2v) is 8.49. The van der Waals surface area contributed by atoms with E-state index in [9.17, 15) is 9.59 Å². The molecule has 4 aromatic carbocycles. The molecule has 33 heavy (non-hydrogen) atoms. The Kier molecular flexibility index (Phi) is 5.06. The molecular formula is C29H24N2O2. The van der Waals surface area contributed by atoms with Crippen LogP contribution in [0, 0.1) is 20.8 Å². The lowest BCUT2D eigenvalue weighted by molar-refractivity contribution is -0.120. The lowest BCUT2D eigenvalue weighted by atomic mass is 9.99. The number of aryl methyl sites for hydroxylation is 3. The number of benzene rings is 4. The van der Waals surface area contributed by atoms with Gasteiger partial charge >= 0.3 is 0 Å². The number of amides is 2. The predicted molar refractivity (Wildman–Crippen MR) is 134 cm³/mol. The molecule has 0 radical (unpaired) electrons. The summed E-state index contributed by atoms with van der Waals surface area (Å²) < 4.78 is 0. The van der Waals surface area contributed by atoms with Crippen LogP contribution in [0.25, 0.3) is 16.3 Å². The Morgan fingerprint density at radius 2 is 1.45 bits per heavy atom. The van der Waals surface area contributed by atoms with Gasteiger partial charge in [-0.25, -0.2) is 4.90 Å². The summed E-state index contributed by atoms with van der Waals surface area (Å²) in [5, 5.41) is 5.09. The van der Waals surface area contributed by atoms with Crippen LogP contribution in [-0.4, -0.2) is 11.8 Å². The van der Waals surface area contributed by atoms with Crippen molar-refractivity contribution in [1.82, 2.24) is 0 Å². The number of imide groups is 1. The van der Waals surface area contributed by atoms with Crippen LogP contribution in [0.5, 0.6) is 0 Å². The van der Waals surface area contributed by atoms with E-state index >= 15 is 0 Å². The molecule has 0 saturated heterocycles. The quantitative estimate of drug-likeness (QED) is 0.393. The van der Waals surface area contributed by atoms with E-state index in [4.69, 9.17) is 0 Å². The maximum Gasteiger partial charge on any atom is 0.282 e. The maximum absolute atomic E-state index is 13.8. The van der Waals surface area contributed by atoms with Crippen LogP contribution in [0.1, 0.15) is 22.3 Å². The number of carbonyl (C=O) groups is 2. The minimum absolute atomic E-state index is 0.293. The molecule has 0 bridgehead atoms. The number of rotatable bonds is 4. The molecule has 4 heteroatoms. The number of hydrogen-bond acceptors (Lipinski definition) is 3. The molecule has 1 aliphatic rings. The summed E-state index contributed by atoms with van der Waals surface area (Å²) in [7, 11) is 0. The molecule has 1 aliphatic heterocycles. The minimum Gasteiger partial charge on any atom is -0.350 e. The summed E-state index contributed by atoms with van der Waals surface area (Å²) in [5.41, 5.74) is 6.04. The second kappa shape index (κ2) is 8.06. The van der Waals surface area contributed by atoms with Crippen LogP contribution in [0.3, 0.4) is 0 Å². The van der Waals surface area contributed by atoms with Crippen LogP contribution >= 0.6 is 0 Å². The highest BCUT2D eigenvalue weighted by molar-refractivity contribution is 6.47. The Balaban J connectivity index is 1.68. The summed E-state index contributed by atoms with van der Waals surface area (Å²) in [4.78, 5) is 28.9. The zero-order valence-electron chi connectivity index (χ0n) is 18.8. The average Bonchev–Trinajstić information content (AvgIpc) is 3.04. The van der Waals surface area contributed by atoms with E-state index in [0.717, 1.165) is 38.7 Å². The van der Waals surface area contributed by atoms with Crippen molar-refractivity contribution >= 4 is 39.5 Å². The lowest BCUT2D eigenvalue weighted by Gasteiger charge is -2.18. The molecule has 4 nitrogen and oxygen atoms in total. The summed E-state index contributed by atoms with van der Waals surface area (Å²) >= 11 is 0. The van der Waals surface area contributed by atoms with Crippen LogP contribution < -0.4 is 10.2 Å². The minimum atomic E-state index is -0.355. The van der Waals surface area contributed by atoms with Gasteiger partial charge in [0.05, 0.1) is 11.3 Å². The largest absolute Gasteiger partial charge is 0.350 e. The first-order valence-electron chi connectivity index (χ1n) is 11.0. The molecule has 2 amide bonds. The smallest absolute Gasteiger partial charge is 0.282 e. The summed E-state index contributed by atoms with van der Waals surface area (Å²) in [6, 6.07) is 27.1. The van der Waals surface area contributed by atoms with Gasteiger partial charge in [-0.3, -0.25) is 9.59 Å². The molecule has 0 aliphatic carbocycles. The number of hydrogen-bond donors (Lipinski definition) is 1. The fraction of sp³-hybridized carbons (Fsp3) is 0.103. The fourth-order valence-electron chi connectivity index (χ4n) is 4.30. The van der Waals surface area contributed by atoms with E-state index in [2.05, 4.69) is 5.32 Å². The Morgan fingerprint density at radius 3 is 2.24 bits per heavy atom. The van der Waals surface area contributed by atoms with Gasteiger partial charge in [0.1, 0.15) is 5.70 Å². The molecule has 0 atom stereocenters. The Labute approximate surface area is 193 Å². The van der Waals surface area contributed by atoms with E-state index in [1.165, 1.54) is 4.90 Å². The van der Waals surface area contributed by atoms with Crippen LogP contribution in [-0.2, 0) is 9.59 Å². The molecule has 1 heterocycles. The van der Waals surface area contributed by atoms with Gasteiger partial charge in [0.2, 0.25) is 0 Å². The van der Waals surface area contributed by atoms with Gasteiger partial charge in [-0.05, 0) is 66.6 Å². The zero-order valence-corrected chi connectivity index (χ0v) is 18.8. The molecule has 0 aromatic heterocycles. The molecule has 0 spiro atoms. The Bertz CT molecular complexity index is 1460. The van der Waals surface area contributed by atoms with Gasteiger partial charge in [-0.1, -0.05) is 66.7 Å². The van der Waals surface area contributed by atoms with Crippen molar-refractivity contribution in [3.8, 4) is 0 Å². The van der Waals surface area contributed by atoms with E-state index in [1.807, 2.05) is 106 Å². The average molecular weight is 433 g/mol. The molecule has 162 valence electrons. The Morgan fingerprint density at radius 1 is 0.697 bits per heavy atom. The van der Waals surface area contributed by atoms with Crippen molar-refractivity contribution < 1.29 is 9.59 Å². The second-order valence-electron chi connectivity index (χ2n) is 8.49. The summed E-state index contributed by atoms with van der Waals surface area (Å²) in [5.74, 6) is -0.680. The van der Waals surface area contributed by atoms with Gasteiger partial charge in [-0.15, -0.1) is 0 Å². The van der Waals surface area contributed by atoms with Gasteiger partial charge in [-0.2, -0.15) is 0 Å². The maximum atomic E-state index is 13.8. The van der Waals surface area contributed by atoms with Gasteiger partial charge in [0.25, 0.3) is 11.8 Å². The highest BCUT2D eigenvalue weighted by Crippen LogP contribution is 2.37. The van der Waals surface area contributed by atoms with Crippen LogP contribution in [0.2, 0.25) is 0 Å². The first kappa shape index (κ1) is 20.7. The van der Waals surface area contributed by atoms with Crippen molar-refractivity contribution in [3.05, 3.63) is 113 Å². The zero-order chi connectivity index (χ0) is 23.1. The first-order chi connectivity index (χ1) is 15.9. The van der Waals surface area contributed by atoms with E-state index in [0.29, 0.717) is 17.0 Å². The lowest BCUT2D eigenvalue weighted by Crippen LogP contribution is -2.32. The third-order valence-corrected chi connectivity index (χ3v) is 6.17. The normalized spacial score (nSPS) is 13.8.